The molecular formula is C19H26N3O4+. The lowest BCUT2D eigenvalue weighted by Gasteiger charge is -2.30. The molecule has 1 atom stereocenters. The molecule has 1 aromatic rings. The van der Waals surface area contributed by atoms with Crippen molar-refractivity contribution in [2.45, 2.75) is 25.8 Å². The lowest BCUT2D eigenvalue weighted by Crippen LogP contribution is -3.10. The van der Waals surface area contributed by atoms with Crippen LogP contribution in [0.15, 0.2) is 35.5 Å². The molecule has 2 heterocycles. The number of ether oxygens (including phenoxy) is 2. The molecule has 1 fully saturated rings. The van der Waals surface area contributed by atoms with Gasteiger partial charge in [-0.3, -0.25) is 0 Å². The first kappa shape index (κ1) is 18.3. The maximum Gasteiger partial charge on any atom is 0.338 e. The maximum absolute atomic E-state index is 12.7. The van der Waals surface area contributed by atoms with Crippen LogP contribution in [0.5, 0.6) is 5.75 Å². The molecule has 1 aromatic carbocycles. The summed E-state index contributed by atoms with van der Waals surface area (Å²) in [6.07, 6.45) is 2.34. The Morgan fingerprint density at radius 3 is 2.77 bits per heavy atom. The molecule has 2 aliphatic heterocycles. The van der Waals surface area contributed by atoms with E-state index in [1.807, 2.05) is 24.3 Å². The summed E-state index contributed by atoms with van der Waals surface area (Å²) in [6, 6.07) is 6.51. The Balaban J connectivity index is 2.00. The number of likely N-dealkylation sites (tertiary alicyclic amines) is 1. The number of quaternary nitrogens is 1. The molecule has 7 nitrogen and oxygen atoms in total. The van der Waals surface area contributed by atoms with Gasteiger partial charge < -0.3 is 25.0 Å². The molecule has 2 aliphatic rings. The second-order valence-electron chi connectivity index (χ2n) is 6.55. The SMILES string of the molecule is CCOC(=O)C1=C(C[NH+]2CCCC2)NC(=O)N[C@@H]1c1cccc(OC)c1. The standard InChI is InChI=1S/C19H25N3O4/c1-3-26-18(23)16-15(12-22-9-4-5-10-22)20-19(24)21-17(16)13-7-6-8-14(11-13)25-2/h6-8,11,17H,3-5,9-10,12H2,1-2H3,(H2,20,21,24)/p+1/t17-/m1/s1. The third-order valence-electron chi connectivity index (χ3n) is 4.81. The maximum atomic E-state index is 12.7. The van der Waals surface area contributed by atoms with Gasteiger partial charge in [0.05, 0.1) is 44.1 Å². The molecule has 2 amide bonds. The minimum Gasteiger partial charge on any atom is -0.497 e. The largest absolute Gasteiger partial charge is 0.497 e. The number of rotatable bonds is 6. The summed E-state index contributed by atoms with van der Waals surface area (Å²) in [4.78, 5) is 26.3. The average molecular weight is 360 g/mol. The molecule has 0 aliphatic carbocycles. The number of amides is 2. The van der Waals surface area contributed by atoms with Crippen LogP contribution in [0.1, 0.15) is 31.4 Å². The topological polar surface area (TPSA) is 81.1 Å². The zero-order valence-electron chi connectivity index (χ0n) is 15.3. The van der Waals surface area contributed by atoms with Crippen molar-refractivity contribution in [2.75, 3.05) is 33.4 Å². The Bertz CT molecular complexity index is 710. The molecule has 0 aromatic heterocycles. The van der Waals surface area contributed by atoms with Crippen LogP contribution in [0, 0.1) is 0 Å². The Hall–Kier alpha value is -2.54. The fraction of sp³-hybridized carbons (Fsp3) is 0.474. The smallest absolute Gasteiger partial charge is 0.338 e. The molecular weight excluding hydrogens is 334 g/mol. The van der Waals surface area contributed by atoms with Gasteiger partial charge in [0.25, 0.3) is 0 Å². The number of hydrogen-bond donors (Lipinski definition) is 3. The number of hydrogen-bond acceptors (Lipinski definition) is 4. The van der Waals surface area contributed by atoms with E-state index in [0.29, 0.717) is 23.6 Å². The van der Waals surface area contributed by atoms with E-state index < -0.39 is 12.0 Å². The quantitative estimate of drug-likeness (QED) is 0.647. The number of urea groups is 1. The molecule has 3 N–H and O–H groups in total. The molecule has 0 radical (unpaired) electrons. The van der Waals surface area contributed by atoms with Gasteiger partial charge in [0.15, 0.2) is 0 Å². The summed E-state index contributed by atoms with van der Waals surface area (Å²) >= 11 is 0. The molecule has 0 saturated carbocycles. The van der Waals surface area contributed by atoms with E-state index in [-0.39, 0.29) is 12.6 Å². The van der Waals surface area contributed by atoms with Gasteiger partial charge in [-0.1, -0.05) is 12.1 Å². The van der Waals surface area contributed by atoms with Gasteiger partial charge in [-0.25, -0.2) is 9.59 Å². The van der Waals surface area contributed by atoms with E-state index >= 15 is 0 Å². The van der Waals surface area contributed by atoms with Crippen LogP contribution in [-0.4, -0.2) is 45.4 Å². The Morgan fingerprint density at radius 2 is 2.08 bits per heavy atom. The molecule has 0 spiro atoms. The number of benzene rings is 1. The molecule has 1 saturated heterocycles. The third kappa shape index (κ3) is 3.99. The first-order valence-corrected chi connectivity index (χ1v) is 9.07. The van der Waals surface area contributed by atoms with Gasteiger partial charge in [-0.05, 0) is 24.6 Å². The van der Waals surface area contributed by atoms with Crippen molar-refractivity contribution in [2.24, 2.45) is 0 Å². The molecule has 140 valence electrons. The first-order valence-electron chi connectivity index (χ1n) is 9.07. The van der Waals surface area contributed by atoms with E-state index in [1.54, 1.807) is 14.0 Å². The number of nitrogens with one attached hydrogen (secondary N) is 3. The fourth-order valence-corrected chi connectivity index (χ4v) is 3.58. The van der Waals surface area contributed by atoms with Crippen molar-refractivity contribution in [3.63, 3.8) is 0 Å². The Labute approximate surface area is 153 Å². The predicted molar refractivity (Wildman–Crippen MR) is 95.9 cm³/mol. The summed E-state index contributed by atoms with van der Waals surface area (Å²) < 4.78 is 10.6. The lowest BCUT2D eigenvalue weighted by atomic mass is 9.94. The van der Waals surface area contributed by atoms with Crippen LogP contribution in [0.4, 0.5) is 4.79 Å². The zero-order valence-corrected chi connectivity index (χ0v) is 15.3. The van der Waals surface area contributed by atoms with Gasteiger partial charge in [0.1, 0.15) is 12.3 Å². The van der Waals surface area contributed by atoms with Crippen LogP contribution < -0.4 is 20.3 Å². The van der Waals surface area contributed by atoms with Crippen molar-refractivity contribution >= 4 is 12.0 Å². The van der Waals surface area contributed by atoms with Gasteiger partial charge in [0, 0.05) is 12.8 Å². The van der Waals surface area contributed by atoms with Gasteiger partial charge in [-0.15, -0.1) is 0 Å². The average Bonchev–Trinajstić information content (AvgIpc) is 3.14. The van der Waals surface area contributed by atoms with Crippen molar-refractivity contribution in [1.82, 2.24) is 10.6 Å². The highest BCUT2D eigenvalue weighted by atomic mass is 16.5. The van der Waals surface area contributed by atoms with Crippen molar-refractivity contribution in [3.05, 3.63) is 41.1 Å². The second-order valence-corrected chi connectivity index (χ2v) is 6.55. The molecule has 3 rings (SSSR count). The second kappa shape index (κ2) is 8.23. The van der Waals surface area contributed by atoms with E-state index in [2.05, 4.69) is 10.6 Å². The van der Waals surface area contributed by atoms with Gasteiger partial charge in [-0.2, -0.15) is 0 Å². The molecule has 26 heavy (non-hydrogen) atoms. The number of carbonyl (C=O) groups excluding carboxylic acids is 2. The van der Waals surface area contributed by atoms with Crippen LogP contribution in [0.2, 0.25) is 0 Å². The van der Waals surface area contributed by atoms with E-state index in [4.69, 9.17) is 9.47 Å². The summed E-state index contributed by atoms with van der Waals surface area (Å²) in [5.41, 5.74) is 1.91. The van der Waals surface area contributed by atoms with Crippen LogP contribution in [0.25, 0.3) is 0 Å². The van der Waals surface area contributed by atoms with Crippen molar-refractivity contribution in [1.29, 1.82) is 0 Å². The number of esters is 1. The zero-order chi connectivity index (χ0) is 18.5. The fourth-order valence-electron chi connectivity index (χ4n) is 3.58. The summed E-state index contributed by atoms with van der Waals surface area (Å²) in [7, 11) is 1.59. The van der Waals surface area contributed by atoms with E-state index in [9.17, 15) is 9.59 Å². The first-order chi connectivity index (χ1) is 12.6. The molecule has 0 bridgehead atoms. The highest BCUT2D eigenvalue weighted by Crippen LogP contribution is 2.29. The Kier molecular flexibility index (Phi) is 5.78. The number of methoxy groups -OCH3 is 1. The highest BCUT2D eigenvalue weighted by Gasteiger charge is 2.35. The summed E-state index contributed by atoms with van der Waals surface area (Å²) in [5.74, 6) is 0.270. The van der Waals surface area contributed by atoms with E-state index in [1.165, 1.54) is 17.7 Å². The third-order valence-corrected chi connectivity index (χ3v) is 4.81. The Morgan fingerprint density at radius 1 is 1.31 bits per heavy atom. The summed E-state index contributed by atoms with van der Waals surface area (Å²) in [5, 5.41) is 5.69. The molecule has 0 unspecified atom stereocenters. The van der Waals surface area contributed by atoms with Crippen molar-refractivity contribution in [3.8, 4) is 5.75 Å². The van der Waals surface area contributed by atoms with Crippen LogP contribution in [0.3, 0.4) is 0 Å². The van der Waals surface area contributed by atoms with Crippen LogP contribution in [-0.2, 0) is 9.53 Å². The number of carbonyl (C=O) groups is 2. The van der Waals surface area contributed by atoms with E-state index in [0.717, 1.165) is 18.7 Å². The molecule has 7 heteroatoms. The monoisotopic (exact) mass is 360 g/mol. The highest BCUT2D eigenvalue weighted by molar-refractivity contribution is 5.95. The van der Waals surface area contributed by atoms with Crippen molar-refractivity contribution < 1.29 is 24.0 Å². The minimum atomic E-state index is -0.560. The van der Waals surface area contributed by atoms with Gasteiger partial charge in [0.2, 0.25) is 0 Å². The predicted octanol–water partition coefficient (Wildman–Crippen LogP) is 0.545. The normalized spacial score (nSPS) is 20.5. The minimum absolute atomic E-state index is 0.283. The van der Waals surface area contributed by atoms with Crippen LogP contribution >= 0.6 is 0 Å². The summed E-state index contributed by atoms with van der Waals surface area (Å²) in [6.45, 7) is 4.77. The lowest BCUT2D eigenvalue weighted by molar-refractivity contribution is -0.882. The van der Waals surface area contributed by atoms with Gasteiger partial charge >= 0.3 is 12.0 Å².